The summed E-state index contributed by atoms with van der Waals surface area (Å²) in [6.45, 7) is 14.4. The fourth-order valence-electron chi connectivity index (χ4n) is 2.36. The highest BCUT2D eigenvalue weighted by Crippen LogP contribution is 2.19. The molecule has 0 fully saturated rings. The van der Waals surface area contributed by atoms with Gasteiger partial charge in [0, 0.05) is 12.2 Å². The second-order valence-corrected chi connectivity index (χ2v) is 5.22. The van der Waals surface area contributed by atoms with E-state index in [1.54, 1.807) is 6.07 Å². The number of nitrogens with zero attached hydrogens (tertiary/aromatic N) is 1. The molecule has 1 aromatic carbocycles. The Labute approximate surface area is 127 Å². The van der Waals surface area contributed by atoms with Crippen molar-refractivity contribution in [3.8, 4) is 0 Å². The van der Waals surface area contributed by atoms with Gasteiger partial charge >= 0.3 is 0 Å². The fourth-order valence-corrected chi connectivity index (χ4v) is 2.36. The van der Waals surface area contributed by atoms with Crippen LogP contribution in [0.5, 0.6) is 0 Å². The van der Waals surface area contributed by atoms with Crippen LogP contribution in [-0.2, 0) is 6.42 Å². The van der Waals surface area contributed by atoms with Crippen LogP contribution in [0.25, 0.3) is 0 Å². The van der Waals surface area contributed by atoms with E-state index in [0.717, 1.165) is 53.9 Å². The molecule has 0 spiro atoms. The Bertz CT molecular complexity index is 544. The summed E-state index contributed by atoms with van der Waals surface area (Å²) >= 11 is 0. The molecule has 0 saturated carbocycles. The summed E-state index contributed by atoms with van der Waals surface area (Å²) in [7, 11) is 0. The van der Waals surface area contributed by atoms with E-state index in [4.69, 9.17) is 0 Å². The van der Waals surface area contributed by atoms with Gasteiger partial charge in [-0.3, -0.25) is 4.99 Å². The van der Waals surface area contributed by atoms with Crippen LogP contribution in [0.15, 0.2) is 46.7 Å². The van der Waals surface area contributed by atoms with Crippen molar-refractivity contribution in [3.63, 3.8) is 0 Å². The Morgan fingerprint density at radius 3 is 2.67 bits per heavy atom. The topological polar surface area (TPSA) is 24.4 Å². The zero-order valence-corrected chi connectivity index (χ0v) is 13.3. The average molecular weight is 288 g/mol. The fraction of sp³-hybridized carbons (Fsp3) is 0.389. The molecule has 0 atom stereocenters. The second kappa shape index (κ2) is 8.40. The van der Waals surface area contributed by atoms with Crippen molar-refractivity contribution in [2.45, 2.75) is 40.0 Å². The lowest BCUT2D eigenvalue weighted by molar-refractivity contribution is 0.623. The first-order valence-corrected chi connectivity index (χ1v) is 7.34. The zero-order chi connectivity index (χ0) is 15.8. The van der Waals surface area contributed by atoms with Crippen molar-refractivity contribution in [1.82, 2.24) is 5.32 Å². The first-order chi connectivity index (χ1) is 9.99. The molecule has 1 aromatic rings. The minimum atomic E-state index is -0.173. The third-order valence-electron chi connectivity index (χ3n) is 3.42. The van der Waals surface area contributed by atoms with Gasteiger partial charge in [0.15, 0.2) is 0 Å². The van der Waals surface area contributed by atoms with E-state index < -0.39 is 0 Å². The number of allylic oxidation sites excluding steroid dienone is 2. The monoisotopic (exact) mass is 288 g/mol. The summed E-state index contributed by atoms with van der Waals surface area (Å²) < 4.78 is 13.3. The molecule has 114 valence electrons. The van der Waals surface area contributed by atoms with Crippen molar-refractivity contribution < 1.29 is 4.39 Å². The van der Waals surface area contributed by atoms with Gasteiger partial charge in [-0.25, -0.2) is 4.39 Å². The molecule has 0 heterocycles. The maximum absolute atomic E-state index is 13.3. The lowest BCUT2D eigenvalue weighted by Gasteiger charge is -2.14. The standard InChI is InChI=1S/C18H25FN2/c1-6-21-17(18(20-5)13(2)3)9-7-8-15-12-16(19)11-10-14(15)4/h10-12,21H,2,5-9H2,1,3-4H3/b18-17+. The Balaban J connectivity index is 2.77. The van der Waals surface area contributed by atoms with Crippen LogP contribution in [0.1, 0.15) is 37.8 Å². The molecule has 21 heavy (non-hydrogen) atoms. The van der Waals surface area contributed by atoms with Crippen LogP contribution < -0.4 is 5.32 Å². The summed E-state index contributed by atoms with van der Waals surface area (Å²) in [5, 5.41) is 3.34. The normalized spacial score (nSPS) is 11.8. The molecule has 0 bridgehead atoms. The van der Waals surface area contributed by atoms with E-state index in [-0.39, 0.29) is 5.82 Å². The molecule has 0 aliphatic rings. The highest BCUT2D eigenvalue weighted by atomic mass is 19.1. The number of nitrogens with one attached hydrogen (secondary N) is 1. The summed E-state index contributed by atoms with van der Waals surface area (Å²) in [5.74, 6) is -0.173. The second-order valence-electron chi connectivity index (χ2n) is 5.22. The van der Waals surface area contributed by atoms with E-state index in [1.165, 1.54) is 6.07 Å². The molecule has 0 amide bonds. The van der Waals surface area contributed by atoms with Crippen molar-refractivity contribution >= 4 is 6.72 Å². The maximum Gasteiger partial charge on any atom is 0.123 e. The van der Waals surface area contributed by atoms with Crippen LogP contribution in [0.2, 0.25) is 0 Å². The third kappa shape index (κ3) is 5.18. The van der Waals surface area contributed by atoms with Crippen molar-refractivity contribution in [1.29, 1.82) is 0 Å². The number of aryl methyl sites for hydroxylation is 2. The predicted molar refractivity (Wildman–Crippen MR) is 89.1 cm³/mol. The smallest absolute Gasteiger partial charge is 0.123 e. The van der Waals surface area contributed by atoms with E-state index >= 15 is 0 Å². The molecule has 0 aliphatic carbocycles. The number of rotatable bonds is 8. The van der Waals surface area contributed by atoms with Gasteiger partial charge < -0.3 is 5.32 Å². The Hall–Kier alpha value is -1.90. The molecule has 3 heteroatoms. The summed E-state index contributed by atoms with van der Waals surface area (Å²) in [6.07, 6.45) is 2.63. The number of aliphatic imine (C=N–C) groups is 1. The first kappa shape index (κ1) is 17.2. The molecule has 0 aromatic heterocycles. The number of hydrogen-bond acceptors (Lipinski definition) is 2. The van der Waals surface area contributed by atoms with Crippen LogP contribution in [-0.4, -0.2) is 13.3 Å². The van der Waals surface area contributed by atoms with Gasteiger partial charge in [0.25, 0.3) is 0 Å². The first-order valence-electron chi connectivity index (χ1n) is 7.34. The minimum Gasteiger partial charge on any atom is -0.387 e. The van der Waals surface area contributed by atoms with Crippen LogP contribution >= 0.6 is 0 Å². The van der Waals surface area contributed by atoms with Gasteiger partial charge in [0.05, 0.1) is 5.70 Å². The Morgan fingerprint density at radius 1 is 1.38 bits per heavy atom. The molecular formula is C18H25FN2. The predicted octanol–water partition coefficient (Wildman–Crippen LogP) is 4.55. The summed E-state index contributed by atoms with van der Waals surface area (Å²) in [6, 6.07) is 4.96. The van der Waals surface area contributed by atoms with E-state index in [9.17, 15) is 4.39 Å². The van der Waals surface area contributed by atoms with Crippen molar-refractivity contribution in [3.05, 3.63) is 58.7 Å². The highest BCUT2D eigenvalue weighted by molar-refractivity contribution is 5.39. The van der Waals surface area contributed by atoms with Gasteiger partial charge in [-0.2, -0.15) is 0 Å². The van der Waals surface area contributed by atoms with Crippen LogP contribution in [0, 0.1) is 12.7 Å². The number of hydrogen-bond donors (Lipinski definition) is 1. The largest absolute Gasteiger partial charge is 0.387 e. The summed E-state index contributed by atoms with van der Waals surface area (Å²) in [5.41, 5.74) is 5.01. The number of halogens is 1. The zero-order valence-electron chi connectivity index (χ0n) is 13.3. The van der Waals surface area contributed by atoms with Gasteiger partial charge in [-0.15, -0.1) is 0 Å². The minimum absolute atomic E-state index is 0.173. The van der Waals surface area contributed by atoms with E-state index in [2.05, 4.69) is 30.5 Å². The molecular weight excluding hydrogens is 263 g/mol. The van der Waals surface area contributed by atoms with Gasteiger partial charge in [0.2, 0.25) is 0 Å². The average Bonchev–Trinajstić information content (AvgIpc) is 2.43. The number of benzene rings is 1. The molecule has 0 unspecified atom stereocenters. The molecule has 2 nitrogen and oxygen atoms in total. The van der Waals surface area contributed by atoms with E-state index in [0.29, 0.717) is 0 Å². The maximum atomic E-state index is 13.3. The molecule has 0 saturated heterocycles. The molecule has 1 rings (SSSR count). The Kier molecular flexibility index (Phi) is 6.86. The lowest BCUT2D eigenvalue weighted by atomic mass is 10.0. The van der Waals surface area contributed by atoms with Gasteiger partial charge in [0.1, 0.15) is 5.82 Å². The SMILES string of the molecule is C=N/C(C(=C)C)=C(\CCCc1cc(F)ccc1C)NCC. The van der Waals surface area contributed by atoms with E-state index in [1.807, 2.05) is 19.9 Å². The van der Waals surface area contributed by atoms with Gasteiger partial charge in [-0.1, -0.05) is 12.6 Å². The Morgan fingerprint density at radius 2 is 2.10 bits per heavy atom. The highest BCUT2D eigenvalue weighted by Gasteiger charge is 2.07. The third-order valence-corrected chi connectivity index (χ3v) is 3.42. The van der Waals surface area contributed by atoms with Gasteiger partial charge in [-0.05, 0) is 75.6 Å². The van der Waals surface area contributed by atoms with Crippen LogP contribution in [0.3, 0.4) is 0 Å². The molecule has 1 N–H and O–H groups in total. The lowest BCUT2D eigenvalue weighted by Crippen LogP contribution is -2.15. The summed E-state index contributed by atoms with van der Waals surface area (Å²) in [4.78, 5) is 4.07. The van der Waals surface area contributed by atoms with Crippen LogP contribution in [0.4, 0.5) is 4.39 Å². The van der Waals surface area contributed by atoms with Crippen molar-refractivity contribution in [2.24, 2.45) is 4.99 Å². The molecule has 0 aliphatic heterocycles. The quantitative estimate of drug-likeness (QED) is 0.550. The molecule has 0 radical (unpaired) electrons. The van der Waals surface area contributed by atoms with Crippen molar-refractivity contribution in [2.75, 3.05) is 6.54 Å².